The second kappa shape index (κ2) is 7.53. The average Bonchev–Trinajstić information content (AvgIpc) is 3.07. The van der Waals surface area contributed by atoms with Gasteiger partial charge in [0.1, 0.15) is 23.1 Å². The summed E-state index contributed by atoms with van der Waals surface area (Å²) in [5.41, 5.74) is 0.285. The number of carbonyl (C=O) groups excluding carboxylic acids is 1. The molecule has 0 aliphatic carbocycles. The summed E-state index contributed by atoms with van der Waals surface area (Å²) in [4.78, 5) is 12.2. The molecule has 134 valence electrons. The van der Waals surface area contributed by atoms with Crippen LogP contribution in [0.15, 0.2) is 48.7 Å². The lowest BCUT2D eigenvalue weighted by Gasteiger charge is -2.09. The Hall–Kier alpha value is -2.93. The summed E-state index contributed by atoms with van der Waals surface area (Å²) >= 11 is 6.00. The van der Waals surface area contributed by atoms with Gasteiger partial charge >= 0.3 is 0 Å². The first-order chi connectivity index (χ1) is 12.5. The summed E-state index contributed by atoms with van der Waals surface area (Å²) in [5.74, 6) is -1.81. The number of aromatic nitrogens is 2. The van der Waals surface area contributed by atoms with Crippen LogP contribution >= 0.6 is 11.6 Å². The maximum atomic E-state index is 13.6. The lowest BCUT2D eigenvalue weighted by Crippen LogP contribution is -2.15. The lowest BCUT2D eigenvalue weighted by atomic mass is 10.2. The standard InChI is InChI=1S/C18H14ClF2N3O2/c1-26-16-6-5-12(19)9-11(16)10-24-8-7-15(23-24)18(25)22-17-13(20)3-2-4-14(17)21/h2-9H,10H2,1H3,(H,22,25). The van der Waals surface area contributed by atoms with Gasteiger partial charge < -0.3 is 10.1 Å². The zero-order valence-corrected chi connectivity index (χ0v) is 14.4. The molecule has 1 aromatic heterocycles. The van der Waals surface area contributed by atoms with Crippen LogP contribution in [0.3, 0.4) is 0 Å². The minimum absolute atomic E-state index is 0.0219. The Labute approximate surface area is 153 Å². The Balaban J connectivity index is 1.78. The highest BCUT2D eigenvalue weighted by molar-refractivity contribution is 6.30. The van der Waals surface area contributed by atoms with E-state index in [0.717, 1.165) is 17.7 Å². The summed E-state index contributed by atoms with van der Waals surface area (Å²) in [6, 6.07) is 9.95. The van der Waals surface area contributed by atoms with Crippen molar-refractivity contribution in [2.45, 2.75) is 6.54 Å². The van der Waals surface area contributed by atoms with Gasteiger partial charge in [0.25, 0.3) is 5.91 Å². The molecule has 1 amide bonds. The Bertz CT molecular complexity index is 939. The molecular weight excluding hydrogens is 364 g/mol. The molecule has 0 fully saturated rings. The van der Waals surface area contributed by atoms with Gasteiger partial charge in [0.2, 0.25) is 0 Å². The number of ether oxygens (including phenoxy) is 1. The minimum Gasteiger partial charge on any atom is -0.496 e. The van der Waals surface area contributed by atoms with Gasteiger partial charge in [-0.15, -0.1) is 0 Å². The second-order valence-electron chi connectivity index (χ2n) is 5.41. The van der Waals surface area contributed by atoms with E-state index in [1.807, 2.05) is 0 Å². The largest absolute Gasteiger partial charge is 0.496 e. The molecule has 0 saturated heterocycles. The van der Waals surface area contributed by atoms with E-state index in [-0.39, 0.29) is 5.69 Å². The Kier molecular flexibility index (Phi) is 5.18. The van der Waals surface area contributed by atoms with Gasteiger partial charge in [0, 0.05) is 16.8 Å². The fourth-order valence-electron chi connectivity index (χ4n) is 2.41. The van der Waals surface area contributed by atoms with Gasteiger partial charge in [-0.3, -0.25) is 9.48 Å². The molecule has 0 unspecified atom stereocenters. The van der Waals surface area contributed by atoms with E-state index in [2.05, 4.69) is 10.4 Å². The third-order valence-corrected chi connectivity index (χ3v) is 3.88. The number of anilines is 1. The summed E-state index contributed by atoms with van der Waals surface area (Å²) in [7, 11) is 1.54. The number of hydrogen-bond acceptors (Lipinski definition) is 3. The first-order valence-corrected chi connectivity index (χ1v) is 7.97. The number of nitrogens with zero attached hydrogens (tertiary/aromatic N) is 2. The van der Waals surface area contributed by atoms with E-state index in [0.29, 0.717) is 17.3 Å². The zero-order valence-electron chi connectivity index (χ0n) is 13.7. The number of nitrogens with one attached hydrogen (secondary N) is 1. The Morgan fingerprint density at radius 1 is 1.23 bits per heavy atom. The van der Waals surface area contributed by atoms with Crippen LogP contribution in [-0.2, 0) is 6.54 Å². The van der Waals surface area contributed by atoms with E-state index < -0.39 is 23.2 Å². The first-order valence-electron chi connectivity index (χ1n) is 7.59. The molecule has 0 aliphatic rings. The first kappa shape index (κ1) is 17.9. The normalized spacial score (nSPS) is 10.6. The van der Waals surface area contributed by atoms with Crippen LogP contribution in [0.4, 0.5) is 14.5 Å². The number of carbonyl (C=O) groups is 1. The zero-order chi connectivity index (χ0) is 18.7. The summed E-state index contributed by atoms with van der Waals surface area (Å²) in [6.45, 7) is 0.311. The maximum Gasteiger partial charge on any atom is 0.276 e. The highest BCUT2D eigenvalue weighted by atomic mass is 35.5. The molecule has 0 atom stereocenters. The molecule has 0 spiro atoms. The molecule has 8 heteroatoms. The van der Waals surface area contributed by atoms with Gasteiger partial charge in [-0.1, -0.05) is 17.7 Å². The molecular formula is C18H14ClF2N3O2. The quantitative estimate of drug-likeness (QED) is 0.727. The molecule has 0 aliphatic heterocycles. The number of halogens is 3. The molecule has 0 saturated carbocycles. The van der Waals surface area contributed by atoms with E-state index in [1.54, 1.807) is 24.4 Å². The predicted octanol–water partition coefficient (Wildman–Crippen LogP) is 4.12. The highest BCUT2D eigenvalue weighted by Gasteiger charge is 2.16. The summed E-state index contributed by atoms with van der Waals surface area (Å²) < 4.78 is 34.0. The van der Waals surface area contributed by atoms with Crippen LogP contribution in [-0.4, -0.2) is 22.8 Å². The van der Waals surface area contributed by atoms with Crippen LogP contribution in [0.25, 0.3) is 0 Å². The number of methoxy groups -OCH3 is 1. The Morgan fingerprint density at radius 2 is 1.96 bits per heavy atom. The molecule has 1 heterocycles. The lowest BCUT2D eigenvalue weighted by molar-refractivity contribution is 0.102. The van der Waals surface area contributed by atoms with Crippen molar-refractivity contribution in [3.05, 3.63) is 76.6 Å². The molecule has 1 N–H and O–H groups in total. The van der Waals surface area contributed by atoms with Crippen molar-refractivity contribution in [2.24, 2.45) is 0 Å². The van der Waals surface area contributed by atoms with Crippen molar-refractivity contribution in [3.63, 3.8) is 0 Å². The monoisotopic (exact) mass is 377 g/mol. The Morgan fingerprint density at radius 3 is 2.65 bits per heavy atom. The van der Waals surface area contributed by atoms with Crippen molar-refractivity contribution in [1.82, 2.24) is 9.78 Å². The molecule has 3 rings (SSSR count). The molecule has 0 bridgehead atoms. The molecule has 26 heavy (non-hydrogen) atoms. The number of hydrogen-bond donors (Lipinski definition) is 1. The second-order valence-corrected chi connectivity index (χ2v) is 5.84. The number of rotatable bonds is 5. The number of benzene rings is 2. The van der Waals surface area contributed by atoms with E-state index >= 15 is 0 Å². The van der Waals surface area contributed by atoms with Gasteiger partial charge in [-0.25, -0.2) is 8.78 Å². The molecule has 5 nitrogen and oxygen atoms in total. The molecule has 3 aromatic rings. The average molecular weight is 378 g/mol. The van der Waals surface area contributed by atoms with Gasteiger partial charge in [0.05, 0.1) is 13.7 Å². The van der Waals surface area contributed by atoms with Crippen LogP contribution in [0.5, 0.6) is 5.75 Å². The van der Waals surface area contributed by atoms with Crippen molar-refractivity contribution in [3.8, 4) is 5.75 Å². The van der Waals surface area contributed by atoms with Crippen molar-refractivity contribution in [1.29, 1.82) is 0 Å². The summed E-state index contributed by atoms with van der Waals surface area (Å²) in [5, 5.41) is 6.86. The predicted molar refractivity (Wildman–Crippen MR) is 93.6 cm³/mol. The van der Waals surface area contributed by atoms with Crippen LogP contribution in [0.2, 0.25) is 5.02 Å². The maximum absolute atomic E-state index is 13.6. The van der Waals surface area contributed by atoms with Gasteiger partial charge in [-0.2, -0.15) is 5.10 Å². The van der Waals surface area contributed by atoms with Crippen LogP contribution < -0.4 is 10.1 Å². The number of para-hydroxylation sites is 1. The minimum atomic E-state index is -0.860. The van der Waals surface area contributed by atoms with E-state index in [1.165, 1.54) is 23.9 Å². The van der Waals surface area contributed by atoms with Gasteiger partial charge in [-0.05, 0) is 36.4 Å². The van der Waals surface area contributed by atoms with E-state index in [4.69, 9.17) is 16.3 Å². The van der Waals surface area contributed by atoms with Crippen molar-refractivity contribution >= 4 is 23.2 Å². The van der Waals surface area contributed by atoms with Gasteiger partial charge in [0.15, 0.2) is 5.69 Å². The number of amides is 1. The third-order valence-electron chi connectivity index (χ3n) is 3.65. The fraction of sp³-hybridized carbons (Fsp3) is 0.111. The topological polar surface area (TPSA) is 56.1 Å². The third kappa shape index (κ3) is 3.83. The smallest absolute Gasteiger partial charge is 0.276 e. The molecule has 0 radical (unpaired) electrons. The van der Waals surface area contributed by atoms with E-state index in [9.17, 15) is 13.6 Å². The van der Waals surface area contributed by atoms with Crippen molar-refractivity contribution in [2.75, 3.05) is 12.4 Å². The summed E-state index contributed by atoms with van der Waals surface area (Å²) in [6.07, 6.45) is 1.58. The highest BCUT2D eigenvalue weighted by Crippen LogP contribution is 2.23. The SMILES string of the molecule is COc1ccc(Cl)cc1Cn1ccc(C(=O)Nc2c(F)cccc2F)n1. The van der Waals surface area contributed by atoms with Crippen LogP contribution in [0.1, 0.15) is 16.1 Å². The fourth-order valence-corrected chi connectivity index (χ4v) is 2.61. The van der Waals surface area contributed by atoms with Crippen molar-refractivity contribution < 1.29 is 18.3 Å². The van der Waals surface area contributed by atoms with Crippen LogP contribution in [0, 0.1) is 11.6 Å². The molecule has 2 aromatic carbocycles.